The van der Waals surface area contributed by atoms with Gasteiger partial charge in [-0.2, -0.15) is 0 Å². The SMILES string of the molecule is Nc1ccc(C(c2ccc(I)cc2)(c2ccc(I)cc2)c2ccc(I)cc2)cc1. The van der Waals surface area contributed by atoms with E-state index in [-0.39, 0.29) is 0 Å². The van der Waals surface area contributed by atoms with Crippen LogP contribution < -0.4 is 5.73 Å². The van der Waals surface area contributed by atoms with E-state index in [9.17, 15) is 0 Å². The van der Waals surface area contributed by atoms with Crippen LogP contribution in [0.15, 0.2) is 97.1 Å². The van der Waals surface area contributed by atoms with Crippen LogP contribution in [0.25, 0.3) is 0 Å². The standard InChI is InChI=1S/C25H18I3N/c26-21-9-1-17(2-10-21)25(18-3-11-22(27)12-4-18,19-5-13-23(28)14-6-19)20-7-15-24(29)16-8-20/h1-16H,29H2. The van der Waals surface area contributed by atoms with Gasteiger partial charge in [-0.05, 0) is 139 Å². The van der Waals surface area contributed by atoms with Gasteiger partial charge in [0.25, 0.3) is 0 Å². The van der Waals surface area contributed by atoms with E-state index >= 15 is 0 Å². The molecule has 0 amide bonds. The average Bonchev–Trinajstić information content (AvgIpc) is 2.73. The van der Waals surface area contributed by atoms with Gasteiger partial charge in [-0.15, -0.1) is 0 Å². The van der Waals surface area contributed by atoms with Crippen molar-refractivity contribution in [3.8, 4) is 0 Å². The molecule has 0 spiro atoms. The molecule has 0 saturated carbocycles. The van der Waals surface area contributed by atoms with Crippen molar-refractivity contribution < 1.29 is 0 Å². The van der Waals surface area contributed by atoms with Crippen molar-refractivity contribution in [1.82, 2.24) is 0 Å². The van der Waals surface area contributed by atoms with Crippen molar-refractivity contribution in [3.63, 3.8) is 0 Å². The van der Waals surface area contributed by atoms with Gasteiger partial charge in [-0.1, -0.05) is 48.5 Å². The van der Waals surface area contributed by atoms with E-state index in [0.29, 0.717) is 0 Å². The van der Waals surface area contributed by atoms with Crippen LogP contribution in [0.3, 0.4) is 0 Å². The van der Waals surface area contributed by atoms with Crippen LogP contribution >= 0.6 is 67.8 Å². The molecular formula is C25H18I3N. The highest BCUT2D eigenvalue weighted by molar-refractivity contribution is 14.1. The van der Waals surface area contributed by atoms with Crippen molar-refractivity contribution in [3.05, 3.63) is 130 Å². The van der Waals surface area contributed by atoms with E-state index in [0.717, 1.165) is 5.69 Å². The van der Waals surface area contributed by atoms with Crippen molar-refractivity contribution in [2.75, 3.05) is 5.73 Å². The number of nitrogen functional groups attached to an aromatic ring is 1. The van der Waals surface area contributed by atoms with Crippen LogP contribution in [0.5, 0.6) is 0 Å². The predicted octanol–water partition coefficient (Wildman–Crippen LogP) is 7.47. The van der Waals surface area contributed by atoms with E-state index in [1.165, 1.54) is 33.0 Å². The molecule has 2 N–H and O–H groups in total. The number of benzene rings is 4. The Morgan fingerprint density at radius 1 is 0.414 bits per heavy atom. The zero-order valence-corrected chi connectivity index (χ0v) is 21.9. The van der Waals surface area contributed by atoms with Crippen molar-refractivity contribution in [2.24, 2.45) is 0 Å². The van der Waals surface area contributed by atoms with E-state index in [1.807, 2.05) is 12.1 Å². The molecule has 0 aliphatic heterocycles. The Morgan fingerprint density at radius 3 is 0.931 bits per heavy atom. The Balaban J connectivity index is 2.11. The summed E-state index contributed by atoms with van der Waals surface area (Å²) in [4.78, 5) is 0. The topological polar surface area (TPSA) is 26.0 Å². The second-order valence-corrected chi connectivity index (χ2v) is 10.6. The number of hydrogen-bond donors (Lipinski definition) is 1. The highest BCUT2D eigenvalue weighted by atomic mass is 127. The maximum absolute atomic E-state index is 6.04. The van der Waals surface area contributed by atoms with Gasteiger partial charge in [0.05, 0.1) is 5.41 Å². The molecule has 144 valence electrons. The Bertz CT molecular complexity index is 913. The molecule has 0 aromatic heterocycles. The normalized spacial score (nSPS) is 11.4. The summed E-state index contributed by atoms with van der Waals surface area (Å²) in [7, 11) is 0. The highest BCUT2D eigenvalue weighted by Gasteiger charge is 2.38. The molecule has 0 radical (unpaired) electrons. The largest absolute Gasteiger partial charge is 0.399 e. The molecule has 0 atom stereocenters. The molecule has 4 aromatic rings. The summed E-state index contributed by atoms with van der Waals surface area (Å²) < 4.78 is 3.67. The summed E-state index contributed by atoms with van der Waals surface area (Å²) >= 11 is 7.09. The molecule has 1 nitrogen and oxygen atoms in total. The molecule has 4 rings (SSSR count). The summed E-state index contributed by atoms with van der Waals surface area (Å²) in [5.74, 6) is 0. The zero-order chi connectivity index (χ0) is 20.4. The zero-order valence-electron chi connectivity index (χ0n) is 15.4. The molecule has 0 heterocycles. The predicted molar refractivity (Wildman–Crippen MR) is 147 cm³/mol. The molecule has 0 fully saturated rings. The van der Waals surface area contributed by atoms with Crippen molar-refractivity contribution in [1.29, 1.82) is 0 Å². The molecular weight excluding hydrogens is 695 g/mol. The van der Waals surface area contributed by atoms with Gasteiger partial charge in [-0.25, -0.2) is 0 Å². The lowest BCUT2D eigenvalue weighted by Crippen LogP contribution is -2.31. The first kappa shape index (κ1) is 21.1. The highest BCUT2D eigenvalue weighted by Crippen LogP contribution is 2.45. The van der Waals surface area contributed by atoms with Gasteiger partial charge in [-0.3, -0.25) is 0 Å². The summed E-state index contributed by atoms with van der Waals surface area (Å²) in [5, 5.41) is 0. The van der Waals surface area contributed by atoms with E-state index in [4.69, 9.17) is 5.73 Å². The van der Waals surface area contributed by atoms with Gasteiger partial charge < -0.3 is 5.73 Å². The van der Waals surface area contributed by atoms with Crippen LogP contribution in [0.4, 0.5) is 5.69 Å². The fraction of sp³-hybridized carbons (Fsp3) is 0.0400. The molecule has 0 saturated heterocycles. The number of hydrogen-bond acceptors (Lipinski definition) is 1. The Morgan fingerprint density at radius 2 is 0.655 bits per heavy atom. The number of rotatable bonds is 4. The van der Waals surface area contributed by atoms with Gasteiger partial charge in [0.15, 0.2) is 0 Å². The number of anilines is 1. The van der Waals surface area contributed by atoms with E-state index in [2.05, 4.69) is 153 Å². The Kier molecular flexibility index (Phi) is 6.50. The maximum atomic E-state index is 6.04. The lowest BCUT2D eigenvalue weighted by atomic mass is 9.65. The monoisotopic (exact) mass is 713 g/mol. The molecule has 4 aromatic carbocycles. The first-order valence-corrected chi connectivity index (χ1v) is 12.4. The fourth-order valence-electron chi connectivity index (χ4n) is 3.83. The fourth-order valence-corrected chi connectivity index (χ4v) is 4.91. The minimum atomic E-state index is -0.424. The minimum absolute atomic E-state index is 0.424. The summed E-state index contributed by atoms with van der Waals surface area (Å²) in [6, 6.07) is 34.9. The average molecular weight is 713 g/mol. The quantitative estimate of drug-likeness (QED) is 0.133. The molecule has 29 heavy (non-hydrogen) atoms. The van der Waals surface area contributed by atoms with Crippen LogP contribution in [0.2, 0.25) is 0 Å². The maximum Gasteiger partial charge on any atom is 0.0701 e. The second-order valence-electron chi connectivity index (χ2n) is 6.89. The molecule has 0 aliphatic carbocycles. The van der Waals surface area contributed by atoms with Crippen LogP contribution in [-0.4, -0.2) is 0 Å². The van der Waals surface area contributed by atoms with E-state index in [1.54, 1.807) is 0 Å². The van der Waals surface area contributed by atoms with Crippen molar-refractivity contribution >= 4 is 73.5 Å². The van der Waals surface area contributed by atoms with E-state index < -0.39 is 5.41 Å². The third kappa shape index (κ3) is 4.20. The van der Waals surface area contributed by atoms with Gasteiger partial charge in [0.2, 0.25) is 0 Å². The first-order chi connectivity index (χ1) is 14.0. The van der Waals surface area contributed by atoms with Gasteiger partial charge in [0, 0.05) is 16.4 Å². The summed E-state index contributed by atoms with van der Waals surface area (Å²) in [5.41, 5.74) is 11.3. The number of nitrogens with two attached hydrogens (primary N) is 1. The van der Waals surface area contributed by atoms with Crippen LogP contribution in [0, 0.1) is 10.7 Å². The summed E-state index contributed by atoms with van der Waals surface area (Å²) in [6.07, 6.45) is 0. The smallest absolute Gasteiger partial charge is 0.0701 e. The third-order valence-electron chi connectivity index (χ3n) is 5.18. The van der Waals surface area contributed by atoms with Crippen molar-refractivity contribution in [2.45, 2.75) is 5.41 Å². The molecule has 4 heteroatoms. The molecule has 0 aliphatic rings. The van der Waals surface area contributed by atoms with Crippen LogP contribution in [-0.2, 0) is 5.41 Å². The van der Waals surface area contributed by atoms with Crippen LogP contribution in [0.1, 0.15) is 22.3 Å². The first-order valence-electron chi connectivity index (χ1n) is 9.14. The Hall–Kier alpha value is -1.13. The lowest BCUT2D eigenvalue weighted by Gasteiger charge is -2.37. The third-order valence-corrected chi connectivity index (χ3v) is 7.33. The molecule has 0 unspecified atom stereocenters. The minimum Gasteiger partial charge on any atom is -0.399 e. The molecule has 0 bridgehead atoms. The summed E-state index contributed by atoms with van der Waals surface area (Å²) in [6.45, 7) is 0. The lowest BCUT2D eigenvalue weighted by molar-refractivity contribution is 0.744. The van der Waals surface area contributed by atoms with Gasteiger partial charge >= 0.3 is 0 Å². The second kappa shape index (κ2) is 8.93. The van der Waals surface area contributed by atoms with Gasteiger partial charge in [0.1, 0.15) is 0 Å². The number of halogens is 3. The Labute approximate surface area is 212 Å².